The van der Waals surface area contributed by atoms with Crippen LogP contribution in [-0.2, 0) is 6.54 Å². The summed E-state index contributed by atoms with van der Waals surface area (Å²) in [5, 5.41) is 3.57. The summed E-state index contributed by atoms with van der Waals surface area (Å²) in [5.74, 6) is 1.63. The van der Waals surface area contributed by atoms with Crippen molar-refractivity contribution >= 4 is 0 Å². The highest BCUT2D eigenvalue weighted by atomic mass is 16.5. The summed E-state index contributed by atoms with van der Waals surface area (Å²) < 4.78 is 12.9. The lowest BCUT2D eigenvalue weighted by Gasteiger charge is -2.22. The lowest BCUT2D eigenvalue weighted by molar-refractivity contribution is 0.377. The molecular formula is C16H23N3O2. The van der Waals surface area contributed by atoms with E-state index in [2.05, 4.69) is 27.9 Å². The largest absolute Gasteiger partial charge is 0.497 e. The number of hydrogen-bond acceptors (Lipinski definition) is 4. The predicted molar refractivity (Wildman–Crippen MR) is 82.8 cm³/mol. The van der Waals surface area contributed by atoms with Gasteiger partial charge in [-0.3, -0.25) is 0 Å². The van der Waals surface area contributed by atoms with Crippen molar-refractivity contribution in [2.45, 2.75) is 25.9 Å². The third-order valence-electron chi connectivity index (χ3n) is 3.41. The molecule has 0 fully saturated rings. The summed E-state index contributed by atoms with van der Waals surface area (Å²) in [7, 11) is 3.35. The van der Waals surface area contributed by atoms with Gasteiger partial charge in [-0.1, -0.05) is 6.92 Å². The number of methoxy groups -OCH3 is 2. The summed E-state index contributed by atoms with van der Waals surface area (Å²) in [6.07, 6.45) is 6.67. The molecule has 2 rings (SSSR count). The van der Waals surface area contributed by atoms with Crippen molar-refractivity contribution in [3.8, 4) is 11.5 Å². The molecule has 5 heteroatoms. The molecule has 0 radical (unpaired) electrons. The number of ether oxygens (including phenoxy) is 2. The molecule has 1 atom stereocenters. The van der Waals surface area contributed by atoms with Gasteiger partial charge in [0.1, 0.15) is 11.5 Å². The SMILES string of the molecule is CCCNC(Cn1ccnc1)c1ccc(OC)cc1OC. The zero-order chi connectivity index (χ0) is 15.1. The summed E-state index contributed by atoms with van der Waals surface area (Å²) >= 11 is 0. The molecule has 1 N–H and O–H groups in total. The molecule has 0 saturated heterocycles. The Kier molecular flexibility index (Phi) is 5.63. The highest BCUT2D eigenvalue weighted by Crippen LogP contribution is 2.30. The van der Waals surface area contributed by atoms with Crippen molar-refractivity contribution in [1.82, 2.24) is 14.9 Å². The fourth-order valence-electron chi connectivity index (χ4n) is 2.30. The van der Waals surface area contributed by atoms with Crippen LogP contribution in [0.3, 0.4) is 0 Å². The van der Waals surface area contributed by atoms with E-state index in [1.165, 1.54) is 0 Å². The van der Waals surface area contributed by atoms with Crippen LogP contribution in [-0.4, -0.2) is 30.3 Å². The molecule has 0 bridgehead atoms. The van der Waals surface area contributed by atoms with E-state index in [4.69, 9.17) is 9.47 Å². The predicted octanol–water partition coefficient (Wildman–Crippen LogP) is 2.64. The summed E-state index contributed by atoms with van der Waals surface area (Å²) in [6.45, 7) is 3.92. The fourth-order valence-corrected chi connectivity index (χ4v) is 2.30. The molecular weight excluding hydrogens is 266 g/mol. The third kappa shape index (κ3) is 3.98. The Bertz CT molecular complexity index is 540. The Balaban J connectivity index is 2.26. The van der Waals surface area contributed by atoms with E-state index in [0.717, 1.165) is 36.6 Å². The van der Waals surface area contributed by atoms with Crippen LogP contribution in [0.4, 0.5) is 0 Å². The Hall–Kier alpha value is -2.01. The molecule has 21 heavy (non-hydrogen) atoms. The van der Waals surface area contributed by atoms with Gasteiger partial charge in [-0.05, 0) is 25.1 Å². The van der Waals surface area contributed by atoms with E-state index in [-0.39, 0.29) is 6.04 Å². The number of aromatic nitrogens is 2. The van der Waals surface area contributed by atoms with Gasteiger partial charge in [0.05, 0.1) is 26.6 Å². The van der Waals surface area contributed by atoms with Crippen LogP contribution in [0.15, 0.2) is 36.9 Å². The first-order valence-electron chi connectivity index (χ1n) is 7.19. The van der Waals surface area contributed by atoms with E-state index in [9.17, 15) is 0 Å². The van der Waals surface area contributed by atoms with Crippen molar-refractivity contribution in [2.75, 3.05) is 20.8 Å². The van der Waals surface area contributed by atoms with Gasteiger partial charge in [-0.2, -0.15) is 0 Å². The van der Waals surface area contributed by atoms with E-state index in [0.29, 0.717) is 0 Å². The van der Waals surface area contributed by atoms with E-state index in [1.807, 2.05) is 24.7 Å². The third-order valence-corrected chi connectivity index (χ3v) is 3.41. The van der Waals surface area contributed by atoms with Gasteiger partial charge >= 0.3 is 0 Å². The summed E-state index contributed by atoms with van der Waals surface area (Å²) in [6, 6.07) is 6.11. The molecule has 1 aromatic heterocycles. The smallest absolute Gasteiger partial charge is 0.127 e. The van der Waals surface area contributed by atoms with Crippen molar-refractivity contribution in [3.05, 3.63) is 42.5 Å². The Morgan fingerprint density at radius 2 is 2.14 bits per heavy atom. The normalized spacial score (nSPS) is 12.1. The second kappa shape index (κ2) is 7.69. The van der Waals surface area contributed by atoms with Crippen LogP contribution in [0.5, 0.6) is 11.5 Å². The van der Waals surface area contributed by atoms with Gasteiger partial charge in [0, 0.05) is 30.6 Å². The summed E-state index contributed by atoms with van der Waals surface area (Å²) in [5.41, 5.74) is 1.13. The van der Waals surface area contributed by atoms with Crippen LogP contribution in [0, 0.1) is 0 Å². The van der Waals surface area contributed by atoms with Crippen molar-refractivity contribution in [3.63, 3.8) is 0 Å². The molecule has 0 spiro atoms. The van der Waals surface area contributed by atoms with Crippen LogP contribution in [0.2, 0.25) is 0 Å². The van der Waals surface area contributed by atoms with E-state index in [1.54, 1.807) is 20.4 Å². The van der Waals surface area contributed by atoms with Crippen LogP contribution in [0.25, 0.3) is 0 Å². The second-order valence-corrected chi connectivity index (χ2v) is 4.87. The molecule has 1 unspecified atom stereocenters. The average molecular weight is 289 g/mol. The quantitative estimate of drug-likeness (QED) is 0.811. The molecule has 0 saturated carbocycles. The van der Waals surface area contributed by atoms with Gasteiger partial charge in [0.15, 0.2) is 0 Å². The standard InChI is InChI=1S/C16H23N3O2/c1-4-7-18-15(11-19-9-8-17-12-19)14-6-5-13(20-2)10-16(14)21-3/h5-6,8-10,12,15,18H,4,7,11H2,1-3H3. The minimum absolute atomic E-state index is 0.167. The Morgan fingerprint density at radius 1 is 1.29 bits per heavy atom. The van der Waals surface area contributed by atoms with Gasteiger partial charge in [-0.25, -0.2) is 4.98 Å². The number of nitrogens with zero attached hydrogens (tertiary/aromatic N) is 2. The van der Waals surface area contributed by atoms with Crippen molar-refractivity contribution in [2.24, 2.45) is 0 Å². The van der Waals surface area contributed by atoms with Gasteiger partial charge in [0.2, 0.25) is 0 Å². The van der Waals surface area contributed by atoms with Gasteiger partial charge in [-0.15, -0.1) is 0 Å². The Labute approximate surface area is 125 Å². The Morgan fingerprint density at radius 3 is 2.76 bits per heavy atom. The number of hydrogen-bond donors (Lipinski definition) is 1. The molecule has 5 nitrogen and oxygen atoms in total. The lowest BCUT2D eigenvalue weighted by atomic mass is 10.0. The molecule has 1 aromatic carbocycles. The minimum Gasteiger partial charge on any atom is -0.497 e. The highest BCUT2D eigenvalue weighted by molar-refractivity contribution is 5.42. The van der Waals surface area contributed by atoms with Crippen LogP contribution in [0.1, 0.15) is 24.9 Å². The molecule has 0 amide bonds. The van der Waals surface area contributed by atoms with Crippen LogP contribution >= 0.6 is 0 Å². The molecule has 2 aromatic rings. The zero-order valence-electron chi connectivity index (χ0n) is 12.9. The first-order valence-corrected chi connectivity index (χ1v) is 7.19. The molecule has 0 aliphatic carbocycles. The molecule has 0 aliphatic rings. The first-order chi connectivity index (χ1) is 10.3. The number of nitrogens with one attached hydrogen (secondary N) is 1. The number of benzene rings is 1. The van der Waals surface area contributed by atoms with E-state index >= 15 is 0 Å². The average Bonchev–Trinajstić information content (AvgIpc) is 3.03. The topological polar surface area (TPSA) is 48.3 Å². The van der Waals surface area contributed by atoms with E-state index < -0.39 is 0 Å². The number of imidazole rings is 1. The highest BCUT2D eigenvalue weighted by Gasteiger charge is 2.16. The van der Waals surface area contributed by atoms with Crippen LogP contribution < -0.4 is 14.8 Å². The second-order valence-electron chi connectivity index (χ2n) is 4.87. The maximum Gasteiger partial charge on any atom is 0.127 e. The molecule has 1 heterocycles. The lowest BCUT2D eigenvalue weighted by Crippen LogP contribution is -2.26. The zero-order valence-corrected chi connectivity index (χ0v) is 12.9. The maximum atomic E-state index is 5.52. The monoisotopic (exact) mass is 289 g/mol. The number of rotatable bonds is 8. The molecule has 114 valence electrons. The van der Waals surface area contributed by atoms with Gasteiger partial charge in [0.25, 0.3) is 0 Å². The molecule has 0 aliphatic heterocycles. The van der Waals surface area contributed by atoms with Gasteiger partial charge < -0.3 is 19.4 Å². The minimum atomic E-state index is 0.167. The summed E-state index contributed by atoms with van der Waals surface area (Å²) in [4.78, 5) is 4.10. The fraction of sp³-hybridized carbons (Fsp3) is 0.438. The van der Waals surface area contributed by atoms with Crippen molar-refractivity contribution < 1.29 is 9.47 Å². The van der Waals surface area contributed by atoms with Crippen molar-refractivity contribution in [1.29, 1.82) is 0 Å². The maximum absolute atomic E-state index is 5.52. The first kappa shape index (κ1) is 15.4.